The first-order valence-corrected chi connectivity index (χ1v) is 5.32. The maximum Gasteiger partial charge on any atom is 0.0664 e. The van der Waals surface area contributed by atoms with Gasteiger partial charge in [-0.2, -0.15) is 0 Å². The summed E-state index contributed by atoms with van der Waals surface area (Å²) in [6.07, 6.45) is 2.17. The van der Waals surface area contributed by atoms with E-state index in [0.29, 0.717) is 5.92 Å². The van der Waals surface area contributed by atoms with Crippen molar-refractivity contribution in [2.75, 3.05) is 20.2 Å². The highest BCUT2D eigenvalue weighted by Gasteiger charge is 2.22. The van der Waals surface area contributed by atoms with Crippen LogP contribution in [0.3, 0.4) is 0 Å². The zero-order chi connectivity index (χ0) is 10.3. The smallest absolute Gasteiger partial charge is 0.0664 e. The summed E-state index contributed by atoms with van der Waals surface area (Å²) in [6.45, 7) is 10.7. The van der Waals surface area contributed by atoms with Crippen molar-refractivity contribution in [1.82, 2.24) is 5.32 Å². The summed E-state index contributed by atoms with van der Waals surface area (Å²) < 4.78 is 5.90. The monoisotopic (exact) mass is 187 g/mol. The Morgan fingerprint density at radius 2 is 2.00 bits per heavy atom. The first-order valence-electron chi connectivity index (χ1n) is 5.32. The lowest BCUT2D eigenvalue weighted by Gasteiger charge is -2.29. The van der Waals surface area contributed by atoms with Crippen LogP contribution in [0.5, 0.6) is 0 Å². The first kappa shape index (κ1) is 12.9. The second-order valence-electron chi connectivity index (χ2n) is 4.36. The highest BCUT2D eigenvalue weighted by Crippen LogP contribution is 2.20. The van der Waals surface area contributed by atoms with Gasteiger partial charge in [-0.3, -0.25) is 0 Å². The number of nitrogens with one attached hydrogen (secondary N) is 1. The van der Waals surface area contributed by atoms with Gasteiger partial charge in [-0.05, 0) is 39.3 Å². The number of hydrogen-bond donors (Lipinski definition) is 1. The minimum absolute atomic E-state index is 0.0628. The van der Waals surface area contributed by atoms with Crippen molar-refractivity contribution in [1.29, 1.82) is 0 Å². The Morgan fingerprint density at radius 1 is 1.38 bits per heavy atom. The molecule has 0 fully saturated rings. The second-order valence-corrected chi connectivity index (χ2v) is 4.36. The van der Waals surface area contributed by atoms with Gasteiger partial charge in [-0.15, -0.1) is 0 Å². The van der Waals surface area contributed by atoms with Crippen molar-refractivity contribution < 1.29 is 4.74 Å². The highest BCUT2D eigenvalue weighted by molar-refractivity contribution is 4.74. The van der Waals surface area contributed by atoms with E-state index in [2.05, 4.69) is 33.0 Å². The third-order valence-corrected chi connectivity index (χ3v) is 2.42. The summed E-state index contributed by atoms with van der Waals surface area (Å²) in [7, 11) is 1.98. The molecule has 80 valence electrons. The fourth-order valence-corrected chi connectivity index (χ4v) is 1.11. The van der Waals surface area contributed by atoms with Crippen LogP contribution in [0.25, 0.3) is 0 Å². The van der Waals surface area contributed by atoms with Crippen molar-refractivity contribution in [2.45, 2.75) is 46.1 Å². The van der Waals surface area contributed by atoms with E-state index < -0.39 is 0 Å². The van der Waals surface area contributed by atoms with Gasteiger partial charge in [0, 0.05) is 6.61 Å². The van der Waals surface area contributed by atoms with Crippen LogP contribution in [-0.4, -0.2) is 25.8 Å². The summed E-state index contributed by atoms with van der Waals surface area (Å²) in [4.78, 5) is 0. The van der Waals surface area contributed by atoms with Gasteiger partial charge >= 0.3 is 0 Å². The number of ether oxygens (including phenoxy) is 1. The lowest BCUT2D eigenvalue weighted by molar-refractivity contribution is -0.0511. The summed E-state index contributed by atoms with van der Waals surface area (Å²) in [6, 6.07) is 0. The summed E-state index contributed by atoms with van der Waals surface area (Å²) in [5.41, 5.74) is 0.0628. The molecule has 1 atom stereocenters. The van der Waals surface area contributed by atoms with Gasteiger partial charge in [-0.25, -0.2) is 0 Å². The molecule has 0 rings (SSSR count). The summed E-state index contributed by atoms with van der Waals surface area (Å²) in [5.74, 6) is 0.625. The molecular formula is C11H25NO. The Kier molecular flexibility index (Phi) is 6.35. The van der Waals surface area contributed by atoms with E-state index in [4.69, 9.17) is 4.74 Å². The molecule has 0 aromatic carbocycles. The molecule has 0 spiro atoms. The van der Waals surface area contributed by atoms with Crippen molar-refractivity contribution in [2.24, 2.45) is 5.92 Å². The van der Waals surface area contributed by atoms with Crippen molar-refractivity contribution in [3.8, 4) is 0 Å². The molecule has 0 saturated carbocycles. The summed E-state index contributed by atoms with van der Waals surface area (Å²) in [5, 5.41) is 3.17. The van der Waals surface area contributed by atoms with E-state index in [1.807, 2.05) is 7.05 Å². The van der Waals surface area contributed by atoms with Crippen LogP contribution in [0, 0.1) is 5.92 Å². The van der Waals surface area contributed by atoms with Gasteiger partial charge < -0.3 is 10.1 Å². The Labute approximate surface area is 83.1 Å². The first-order chi connectivity index (χ1) is 6.04. The lowest BCUT2D eigenvalue weighted by atomic mass is 9.98. The van der Waals surface area contributed by atoms with Gasteiger partial charge in [0.2, 0.25) is 0 Å². The molecule has 0 saturated heterocycles. The molecule has 1 unspecified atom stereocenters. The third kappa shape index (κ3) is 6.05. The van der Waals surface area contributed by atoms with E-state index >= 15 is 0 Å². The van der Waals surface area contributed by atoms with Gasteiger partial charge in [0.1, 0.15) is 0 Å². The van der Waals surface area contributed by atoms with E-state index in [1.54, 1.807) is 0 Å². The van der Waals surface area contributed by atoms with Crippen LogP contribution in [0.4, 0.5) is 0 Å². The maximum absolute atomic E-state index is 5.90. The molecule has 0 aromatic rings. The molecule has 0 aliphatic heterocycles. The molecule has 1 N–H and O–H groups in total. The van der Waals surface area contributed by atoms with Crippen molar-refractivity contribution >= 4 is 0 Å². The van der Waals surface area contributed by atoms with Crippen molar-refractivity contribution in [3.05, 3.63) is 0 Å². The van der Waals surface area contributed by atoms with Crippen LogP contribution in [-0.2, 0) is 4.74 Å². The van der Waals surface area contributed by atoms with Gasteiger partial charge in [0.25, 0.3) is 0 Å². The standard InChI is InChI=1S/C11H25NO/c1-6-11(4,7-8-12-5)13-9-10(2)3/h10,12H,6-9H2,1-5H3. The van der Waals surface area contributed by atoms with Gasteiger partial charge in [0.05, 0.1) is 5.60 Å². The lowest BCUT2D eigenvalue weighted by Crippen LogP contribution is -2.33. The second kappa shape index (κ2) is 6.39. The molecule has 0 aliphatic carbocycles. The Morgan fingerprint density at radius 3 is 2.38 bits per heavy atom. The average molecular weight is 187 g/mol. The van der Waals surface area contributed by atoms with E-state index in [9.17, 15) is 0 Å². The minimum atomic E-state index is 0.0628. The largest absolute Gasteiger partial charge is 0.375 e. The van der Waals surface area contributed by atoms with Crippen LogP contribution in [0.15, 0.2) is 0 Å². The number of hydrogen-bond acceptors (Lipinski definition) is 2. The zero-order valence-corrected chi connectivity index (χ0v) is 9.81. The Balaban J connectivity index is 3.81. The maximum atomic E-state index is 5.90. The van der Waals surface area contributed by atoms with Crippen LogP contribution < -0.4 is 5.32 Å². The van der Waals surface area contributed by atoms with Crippen molar-refractivity contribution in [3.63, 3.8) is 0 Å². The van der Waals surface area contributed by atoms with Crippen LogP contribution >= 0.6 is 0 Å². The molecule has 0 aromatic heterocycles. The topological polar surface area (TPSA) is 21.3 Å². The van der Waals surface area contributed by atoms with E-state index in [-0.39, 0.29) is 5.60 Å². The average Bonchev–Trinajstić information content (AvgIpc) is 2.11. The predicted octanol–water partition coefficient (Wildman–Crippen LogP) is 2.44. The quantitative estimate of drug-likeness (QED) is 0.661. The van der Waals surface area contributed by atoms with E-state index in [1.165, 1.54) is 0 Å². The molecule has 2 heteroatoms. The molecule has 13 heavy (non-hydrogen) atoms. The molecular weight excluding hydrogens is 162 g/mol. The third-order valence-electron chi connectivity index (χ3n) is 2.42. The normalized spacial score (nSPS) is 16.2. The predicted molar refractivity (Wildman–Crippen MR) is 58.0 cm³/mol. The zero-order valence-electron chi connectivity index (χ0n) is 9.81. The van der Waals surface area contributed by atoms with E-state index in [0.717, 1.165) is 26.0 Å². The number of rotatable bonds is 7. The summed E-state index contributed by atoms with van der Waals surface area (Å²) >= 11 is 0. The SMILES string of the molecule is CCC(C)(CCNC)OCC(C)C. The molecule has 0 aliphatic rings. The minimum Gasteiger partial charge on any atom is -0.375 e. The van der Waals surface area contributed by atoms with Crippen LogP contribution in [0.1, 0.15) is 40.5 Å². The Hall–Kier alpha value is -0.0800. The molecule has 0 amide bonds. The van der Waals surface area contributed by atoms with Crippen LogP contribution in [0.2, 0.25) is 0 Å². The highest BCUT2D eigenvalue weighted by atomic mass is 16.5. The molecule has 0 bridgehead atoms. The molecule has 0 radical (unpaired) electrons. The van der Waals surface area contributed by atoms with Gasteiger partial charge in [-0.1, -0.05) is 20.8 Å². The molecule has 2 nitrogen and oxygen atoms in total. The molecule has 0 heterocycles. The Bertz CT molecular complexity index is 125. The van der Waals surface area contributed by atoms with Gasteiger partial charge in [0.15, 0.2) is 0 Å². The fraction of sp³-hybridized carbons (Fsp3) is 1.00. The fourth-order valence-electron chi connectivity index (χ4n) is 1.11.